The molecule has 1 aliphatic heterocycles. The molecule has 1 aliphatic rings. The Morgan fingerprint density at radius 3 is 2.64 bits per heavy atom. The van der Waals surface area contributed by atoms with Gasteiger partial charge in [-0.2, -0.15) is 4.98 Å². The number of hydrogen-bond acceptors (Lipinski definition) is 6. The summed E-state index contributed by atoms with van der Waals surface area (Å²) in [6.45, 7) is 8.52. The second kappa shape index (κ2) is 9.30. The van der Waals surface area contributed by atoms with E-state index in [4.69, 9.17) is 4.42 Å². The van der Waals surface area contributed by atoms with E-state index in [1.807, 2.05) is 24.8 Å². The fourth-order valence-electron chi connectivity index (χ4n) is 5.43. The first-order chi connectivity index (χ1) is 18.8. The van der Waals surface area contributed by atoms with Crippen molar-refractivity contribution in [2.45, 2.75) is 26.3 Å². The molecule has 0 saturated carbocycles. The van der Waals surface area contributed by atoms with Gasteiger partial charge in [0.2, 0.25) is 5.91 Å². The molecule has 10 heteroatoms. The molecule has 8 nitrogen and oxygen atoms in total. The Labute approximate surface area is 221 Å². The van der Waals surface area contributed by atoms with Crippen LogP contribution in [0, 0.1) is 11.6 Å². The van der Waals surface area contributed by atoms with E-state index in [1.165, 1.54) is 28.7 Å². The number of anilines is 1. The van der Waals surface area contributed by atoms with Gasteiger partial charge in [0.05, 0.1) is 16.3 Å². The van der Waals surface area contributed by atoms with Gasteiger partial charge in [0.25, 0.3) is 0 Å². The predicted molar refractivity (Wildman–Crippen MR) is 146 cm³/mol. The number of pyridine rings is 1. The maximum atomic E-state index is 15.8. The summed E-state index contributed by atoms with van der Waals surface area (Å²) in [6, 6.07) is 10.6. The molecule has 198 valence electrons. The third-order valence-corrected chi connectivity index (χ3v) is 7.31. The summed E-state index contributed by atoms with van der Waals surface area (Å²) in [4.78, 5) is 38.5. The van der Waals surface area contributed by atoms with Crippen molar-refractivity contribution in [2.75, 3.05) is 24.5 Å². The Morgan fingerprint density at radius 1 is 1.13 bits per heavy atom. The van der Waals surface area contributed by atoms with E-state index >= 15 is 8.78 Å². The van der Waals surface area contributed by atoms with Gasteiger partial charge < -0.3 is 14.2 Å². The maximum absolute atomic E-state index is 15.8. The number of piperazine rings is 1. The van der Waals surface area contributed by atoms with Crippen LogP contribution in [0.4, 0.5) is 14.6 Å². The van der Waals surface area contributed by atoms with E-state index in [2.05, 4.69) is 16.5 Å². The van der Waals surface area contributed by atoms with Crippen molar-refractivity contribution in [2.24, 2.45) is 0 Å². The van der Waals surface area contributed by atoms with Gasteiger partial charge >= 0.3 is 5.69 Å². The van der Waals surface area contributed by atoms with Gasteiger partial charge in [-0.1, -0.05) is 31.7 Å². The van der Waals surface area contributed by atoms with Crippen LogP contribution in [0.25, 0.3) is 38.6 Å². The van der Waals surface area contributed by atoms with E-state index < -0.39 is 17.3 Å². The van der Waals surface area contributed by atoms with Gasteiger partial charge in [-0.25, -0.2) is 23.0 Å². The Bertz CT molecular complexity index is 1910. The van der Waals surface area contributed by atoms with Gasteiger partial charge in [0, 0.05) is 25.7 Å². The second-order valence-electron chi connectivity index (χ2n) is 9.61. The average Bonchev–Trinajstić information content (AvgIpc) is 2.98. The van der Waals surface area contributed by atoms with Crippen molar-refractivity contribution in [1.82, 2.24) is 19.3 Å². The van der Waals surface area contributed by atoms with Crippen LogP contribution in [0.3, 0.4) is 0 Å². The quantitative estimate of drug-likeness (QED) is 0.313. The average molecular weight is 530 g/mol. The summed E-state index contributed by atoms with van der Waals surface area (Å²) in [5.74, 6) is -1.41. The summed E-state index contributed by atoms with van der Waals surface area (Å²) in [5.41, 5.74) is 0.834. The molecule has 0 aliphatic carbocycles. The minimum atomic E-state index is -0.777. The van der Waals surface area contributed by atoms with Crippen LogP contribution in [-0.4, -0.2) is 50.9 Å². The summed E-state index contributed by atoms with van der Waals surface area (Å²) < 4.78 is 38.5. The van der Waals surface area contributed by atoms with Crippen LogP contribution in [-0.2, 0) is 11.2 Å². The topological polar surface area (TPSA) is 84.0 Å². The first-order valence-corrected chi connectivity index (χ1v) is 12.7. The number of halogens is 2. The van der Waals surface area contributed by atoms with Crippen LogP contribution in [0.1, 0.15) is 19.4 Å². The molecule has 0 unspecified atom stereocenters. The molecular formula is C29H25F2N5O3. The van der Waals surface area contributed by atoms with Gasteiger partial charge in [-0.15, -0.1) is 0 Å². The Hall–Kier alpha value is -4.60. The maximum Gasteiger partial charge on any atom is 0.355 e. The highest BCUT2D eigenvalue weighted by atomic mass is 19.1. The number of carbonyl (C=O) groups is 1. The highest BCUT2D eigenvalue weighted by molar-refractivity contribution is 5.99. The number of amides is 1. The zero-order chi connectivity index (χ0) is 27.4. The largest absolute Gasteiger partial charge is 0.454 e. The Balaban J connectivity index is 1.77. The summed E-state index contributed by atoms with van der Waals surface area (Å²) in [6.07, 6.45) is 1.82. The number of hydrogen-bond donors (Lipinski definition) is 0. The molecule has 5 aromatic rings. The van der Waals surface area contributed by atoms with Crippen molar-refractivity contribution >= 4 is 50.3 Å². The van der Waals surface area contributed by atoms with Gasteiger partial charge in [0.15, 0.2) is 17.0 Å². The van der Waals surface area contributed by atoms with Crippen LogP contribution >= 0.6 is 0 Å². The molecule has 1 fully saturated rings. The minimum Gasteiger partial charge on any atom is -0.454 e. The number of fused-ring (bicyclic) bond motifs is 5. The van der Waals surface area contributed by atoms with E-state index in [1.54, 1.807) is 23.1 Å². The second-order valence-corrected chi connectivity index (χ2v) is 9.61. The zero-order valence-electron chi connectivity index (χ0n) is 21.4. The summed E-state index contributed by atoms with van der Waals surface area (Å²) in [7, 11) is 0. The lowest BCUT2D eigenvalue weighted by atomic mass is 10.1. The van der Waals surface area contributed by atoms with Gasteiger partial charge in [-0.05, 0) is 49.2 Å². The standard InChI is InChI=1S/C29H25F2N5O3/c1-4-17-8-6-11-22-26(17)36-28-18(14-20(31)25(32-28)24-19(30)9-7-10-21(24)39-22)27(33-29(36)38)35-13-12-34(15-16(35)3)23(37)5-2/h5-11,14,16H,2,4,12-13,15H2,1,3H3/t16-/m0/s1. The van der Waals surface area contributed by atoms with E-state index in [9.17, 15) is 9.59 Å². The van der Waals surface area contributed by atoms with E-state index in [0.29, 0.717) is 42.5 Å². The van der Waals surface area contributed by atoms with Crippen molar-refractivity contribution in [3.05, 3.63) is 82.8 Å². The third-order valence-electron chi connectivity index (χ3n) is 7.31. The highest BCUT2D eigenvalue weighted by Crippen LogP contribution is 2.32. The number of nitrogens with zero attached hydrogens (tertiary/aromatic N) is 5. The monoisotopic (exact) mass is 529 g/mol. The van der Waals surface area contributed by atoms with Crippen molar-refractivity contribution in [1.29, 1.82) is 0 Å². The number of aryl methyl sites for hydroxylation is 1. The highest BCUT2D eigenvalue weighted by Gasteiger charge is 2.29. The number of rotatable bonds is 3. The lowest BCUT2D eigenvalue weighted by Crippen LogP contribution is -2.54. The molecule has 0 N–H and O–H groups in total. The SMILES string of the molecule is C=CC(=O)N1CCN(c2nc(=O)n3c4nc(c(F)cc24)c2c(F)cccc2oc2cccc(CC)c23)[C@@H](C)C1. The Kier molecular flexibility index (Phi) is 5.90. The van der Waals surface area contributed by atoms with Crippen LogP contribution in [0.15, 0.2) is 64.3 Å². The molecular weight excluding hydrogens is 504 g/mol. The van der Waals surface area contributed by atoms with Gasteiger partial charge in [-0.3, -0.25) is 4.79 Å². The third kappa shape index (κ3) is 3.86. The molecule has 0 radical (unpaired) electrons. The summed E-state index contributed by atoms with van der Waals surface area (Å²) >= 11 is 0. The molecule has 1 atom stereocenters. The van der Waals surface area contributed by atoms with Gasteiger partial charge in [0.1, 0.15) is 22.7 Å². The summed E-state index contributed by atoms with van der Waals surface area (Å²) in [5, 5.41) is 0.164. The molecule has 2 aromatic carbocycles. The molecule has 4 heterocycles. The lowest BCUT2D eigenvalue weighted by molar-refractivity contribution is -0.126. The number of aromatic nitrogens is 3. The van der Waals surface area contributed by atoms with E-state index in [-0.39, 0.29) is 39.9 Å². The normalized spacial score (nSPS) is 15.9. The molecule has 0 spiro atoms. The van der Waals surface area contributed by atoms with Crippen LogP contribution in [0.2, 0.25) is 0 Å². The first-order valence-electron chi connectivity index (χ1n) is 12.7. The number of para-hydroxylation sites is 1. The molecule has 6 rings (SSSR count). The number of carbonyl (C=O) groups excluding carboxylic acids is 1. The molecule has 39 heavy (non-hydrogen) atoms. The predicted octanol–water partition coefficient (Wildman–Crippen LogP) is 4.77. The minimum absolute atomic E-state index is 0.0842. The first kappa shape index (κ1) is 24.7. The Morgan fingerprint density at radius 2 is 1.90 bits per heavy atom. The smallest absolute Gasteiger partial charge is 0.355 e. The molecule has 3 aromatic heterocycles. The molecule has 1 saturated heterocycles. The van der Waals surface area contributed by atoms with E-state index in [0.717, 1.165) is 5.56 Å². The van der Waals surface area contributed by atoms with Crippen molar-refractivity contribution in [3.63, 3.8) is 0 Å². The zero-order valence-corrected chi connectivity index (χ0v) is 21.4. The van der Waals surface area contributed by atoms with Crippen LogP contribution < -0.4 is 10.6 Å². The molecule has 2 bridgehead atoms. The van der Waals surface area contributed by atoms with Crippen molar-refractivity contribution < 1.29 is 18.0 Å². The molecule has 1 amide bonds. The van der Waals surface area contributed by atoms with Crippen molar-refractivity contribution in [3.8, 4) is 0 Å². The fraction of sp³-hybridized carbons (Fsp3) is 0.241. The fourth-order valence-corrected chi connectivity index (χ4v) is 5.43. The van der Waals surface area contributed by atoms with Crippen LogP contribution in [0.5, 0.6) is 0 Å². The lowest BCUT2D eigenvalue weighted by Gasteiger charge is -2.40. The number of benzene rings is 2.